The van der Waals surface area contributed by atoms with Crippen molar-refractivity contribution in [1.29, 1.82) is 0 Å². The van der Waals surface area contributed by atoms with Gasteiger partial charge in [0.25, 0.3) is 5.91 Å². The number of aliphatic imine (C=N–C) groups is 1. The lowest BCUT2D eigenvalue weighted by Crippen LogP contribution is -2.23. The topological polar surface area (TPSA) is 77.4 Å². The largest absolute Gasteiger partial charge is 0.490 e. The first-order chi connectivity index (χ1) is 18.0. The van der Waals surface area contributed by atoms with Gasteiger partial charge < -0.3 is 14.2 Å². The summed E-state index contributed by atoms with van der Waals surface area (Å²) < 4.78 is 16.8. The summed E-state index contributed by atoms with van der Waals surface area (Å²) in [7, 11) is 1.69. The Hall–Kier alpha value is -4.04. The minimum Gasteiger partial charge on any atom is -0.490 e. The maximum atomic E-state index is 12.9. The van der Waals surface area contributed by atoms with Crippen molar-refractivity contribution in [2.75, 3.05) is 20.3 Å². The van der Waals surface area contributed by atoms with E-state index < -0.39 is 0 Å². The summed E-state index contributed by atoms with van der Waals surface area (Å²) in [6.07, 6.45) is 1.82. The van der Waals surface area contributed by atoms with Crippen LogP contribution in [0.1, 0.15) is 35.3 Å². The van der Waals surface area contributed by atoms with Crippen LogP contribution in [0.15, 0.2) is 82.7 Å². The highest BCUT2D eigenvalue weighted by Gasteiger charge is 2.30. The number of carbonyl (C=O) groups excluding carboxylic acids is 2. The van der Waals surface area contributed by atoms with Crippen molar-refractivity contribution in [3.63, 3.8) is 0 Å². The minimum absolute atomic E-state index is 0.144. The van der Waals surface area contributed by atoms with E-state index in [4.69, 9.17) is 14.2 Å². The molecule has 1 aliphatic heterocycles. The number of amidine groups is 1. The number of carbonyl (C=O) groups is 2. The van der Waals surface area contributed by atoms with Gasteiger partial charge in [0.05, 0.1) is 29.4 Å². The molecule has 37 heavy (non-hydrogen) atoms. The third kappa shape index (κ3) is 6.59. The number of esters is 1. The molecule has 0 aromatic heterocycles. The molecule has 0 radical (unpaired) electrons. The molecule has 0 atom stereocenters. The Bertz CT molecular complexity index is 1320. The first kappa shape index (κ1) is 26.0. The molecule has 0 N–H and O–H groups in total. The second-order valence-electron chi connectivity index (χ2n) is 8.05. The first-order valence-electron chi connectivity index (χ1n) is 12.0. The highest BCUT2D eigenvalue weighted by molar-refractivity contribution is 8.18. The molecular weight excluding hydrogens is 488 g/mol. The SMILES string of the molecule is CCOC(=O)c1ccc(N=C2SC(=Cc3ccc(OCc4ccccc4)c(OCC)c3)C(=O)N2C)cc1. The molecule has 0 spiro atoms. The lowest BCUT2D eigenvalue weighted by atomic mass is 10.1. The smallest absolute Gasteiger partial charge is 0.338 e. The second kappa shape index (κ2) is 12.3. The van der Waals surface area contributed by atoms with Gasteiger partial charge in [0.15, 0.2) is 16.7 Å². The molecule has 7 nitrogen and oxygen atoms in total. The molecule has 1 aliphatic rings. The molecular formula is C29H28N2O5S. The van der Waals surface area contributed by atoms with E-state index in [9.17, 15) is 9.59 Å². The van der Waals surface area contributed by atoms with E-state index in [1.165, 1.54) is 16.7 Å². The van der Waals surface area contributed by atoms with Gasteiger partial charge >= 0.3 is 5.97 Å². The van der Waals surface area contributed by atoms with Gasteiger partial charge in [0.2, 0.25) is 0 Å². The van der Waals surface area contributed by atoms with Gasteiger partial charge in [-0.3, -0.25) is 9.69 Å². The summed E-state index contributed by atoms with van der Waals surface area (Å²) in [5.74, 6) is 0.739. The third-order valence-corrected chi connectivity index (χ3v) is 6.47. The van der Waals surface area contributed by atoms with Crippen molar-refractivity contribution in [2.45, 2.75) is 20.5 Å². The second-order valence-corrected chi connectivity index (χ2v) is 9.06. The normalized spacial score (nSPS) is 15.3. The molecule has 0 aliphatic carbocycles. The number of benzene rings is 3. The number of likely N-dealkylation sites (N-methyl/N-ethyl adjacent to an activating group) is 1. The Balaban J connectivity index is 1.50. The van der Waals surface area contributed by atoms with Crippen molar-refractivity contribution in [1.82, 2.24) is 4.90 Å². The van der Waals surface area contributed by atoms with Gasteiger partial charge in [-0.1, -0.05) is 36.4 Å². The fourth-order valence-corrected chi connectivity index (χ4v) is 4.52. The molecule has 1 fully saturated rings. The Kier molecular flexibility index (Phi) is 8.64. The lowest BCUT2D eigenvalue weighted by molar-refractivity contribution is -0.121. The van der Waals surface area contributed by atoms with Crippen LogP contribution in [0.2, 0.25) is 0 Å². The van der Waals surface area contributed by atoms with Crippen LogP contribution in [0.3, 0.4) is 0 Å². The van der Waals surface area contributed by atoms with Crippen LogP contribution in [0.4, 0.5) is 5.69 Å². The van der Waals surface area contributed by atoms with Gasteiger partial charge in [-0.15, -0.1) is 0 Å². The van der Waals surface area contributed by atoms with E-state index in [2.05, 4.69) is 4.99 Å². The summed E-state index contributed by atoms with van der Waals surface area (Å²) in [5, 5.41) is 0.549. The number of thioether (sulfide) groups is 1. The van der Waals surface area contributed by atoms with E-state index in [0.717, 1.165) is 11.1 Å². The zero-order valence-corrected chi connectivity index (χ0v) is 21.8. The number of nitrogens with zero attached hydrogens (tertiary/aromatic N) is 2. The molecule has 4 rings (SSSR count). The highest BCUT2D eigenvalue weighted by Crippen LogP contribution is 2.35. The molecule has 190 valence electrons. The first-order valence-corrected chi connectivity index (χ1v) is 12.8. The maximum Gasteiger partial charge on any atom is 0.338 e. The van der Waals surface area contributed by atoms with Gasteiger partial charge in [0.1, 0.15) is 6.61 Å². The summed E-state index contributed by atoms with van der Waals surface area (Å²) >= 11 is 1.29. The van der Waals surface area contributed by atoms with Crippen LogP contribution in [0, 0.1) is 0 Å². The zero-order chi connectivity index (χ0) is 26.2. The maximum absolute atomic E-state index is 12.9. The van der Waals surface area contributed by atoms with Crippen LogP contribution in [-0.2, 0) is 16.1 Å². The van der Waals surface area contributed by atoms with Crippen LogP contribution in [0.5, 0.6) is 11.5 Å². The van der Waals surface area contributed by atoms with E-state index in [1.54, 1.807) is 38.2 Å². The highest BCUT2D eigenvalue weighted by atomic mass is 32.2. The van der Waals surface area contributed by atoms with Crippen LogP contribution in [0.25, 0.3) is 6.08 Å². The van der Waals surface area contributed by atoms with E-state index in [0.29, 0.717) is 52.6 Å². The van der Waals surface area contributed by atoms with E-state index in [-0.39, 0.29) is 11.9 Å². The van der Waals surface area contributed by atoms with Gasteiger partial charge in [-0.05, 0) is 79.2 Å². The average molecular weight is 517 g/mol. The van der Waals surface area contributed by atoms with E-state index in [1.807, 2.05) is 61.5 Å². The Morgan fingerprint density at radius 3 is 2.41 bits per heavy atom. The summed E-state index contributed by atoms with van der Waals surface area (Å²) in [4.78, 5) is 31.4. The predicted octanol–water partition coefficient (Wildman–Crippen LogP) is 6.07. The standard InChI is InChI=1S/C29H28N2O5S/c1-4-34-25-17-21(11-16-24(25)36-19-20-9-7-6-8-10-20)18-26-27(32)31(3)29(37-26)30-23-14-12-22(13-15-23)28(33)35-5-2/h6-18H,4-5,19H2,1-3H3. The molecule has 1 heterocycles. The number of hydrogen-bond acceptors (Lipinski definition) is 7. The van der Waals surface area contributed by atoms with Crippen molar-refractivity contribution in [3.8, 4) is 11.5 Å². The van der Waals surface area contributed by atoms with Gasteiger partial charge in [-0.25, -0.2) is 9.79 Å². The van der Waals surface area contributed by atoms with Crippen LogP contribution in [-0.4, -0.2) is 42.2 Å². The molecule has 0 saturated carbocycles. The summed E-state index contributed by atoms with van der Waals surface area (Å²) in [6.45, 7) is 4.92. The van der Waals surface area contributed by atoms with E-state index >= 15 is 0 Å². The van der Waals surface area contributed by atoms with Crippen LogP contribution >= 0.6 is 11.8 Å². The predicted molar refractivity (Wildman–Crippen MR) is 146 cm³/mol. The molecule has 1 saturated heterocycles. The molecule has 1 amide bonds. The molecule has 3 aromatic carbocycles. The molecule has 0 bridgehead atoms. The fraction of sp³-hybridized carbons (Fsp3) is 0.207. The minimum atomic E-state index is -0.377. The van der Waals surface area contributed by atoms with Crippen molar-refractivity contribution in [3.05, 3.63) is 94.4 Å². The quantitative estimate of drug-likeness (QED) is 0.254. The zero-order valence-electron chi connectivity index (χ0n) is 21.0. The Labute approximate surface area is 220 Å². The average Bonchev–Trinajstić information content (AvgIpc) is 3.17. The lowest BCUT2D eigenvalue weighted by Gasteiger charge is -2.13. The number of ether oxygens (including phenoxy) is 3. The third-order valence-electron chi connectivity index (χ3n) is 5.41. The number of rotatable bonds is 9. The Morgan fingerprint density at radius 2 is 1.70 bits per heavy atom. The van der Waals surface area contributed by atoms with Crippen molar-refractivity contribution < 1.29 is 23.8 Å². The van der Waals surface area contributed by atoms with Gasteiger partial charge in [-0.2, -0.15) is 0 Å². The summed E-state index contributed by atoms with van der Waals surface area (Å²) in [6, 6.07) is 22.3. The van der Waals surface area contributed by atoms with Crippen molar-refractivity contribution >= 4 is 40.6 Å². The van der Waals surface area contributed by atoms with Crippen molar-refractivity contribution in [2.24, 2.45) is 4.99 Å². The fourth-order valence-electron chi connectivity index (χ4n) is 3.54. The monoisotopic (exact) mass is 516 g/mol. The number of amides is 1. The Morgan fingerprint density at radius 1 is 0.946 bits per heavy atom. The van der Waals surface area contributed by atoms with Gasteiger partial charge in [0, 0.05) is 7.05 Å². The summed E-state index contributed by atoms with van der Waals surface area (Å²) in [5.41, 5.74) is 2.97. The molecule has 0 unspecified atom stereocenters. The molecule has 8 heteroatoms. The van der Waals surface area contributed by atoms with Crippen LogP contribution < -0.4 is 9.47 Å². The number of hydrogen-bond donors (Lipinski definition) is 0. The molecule has 3 aromatic rings.